The van der Waals surface area contributed by atoms with E-state index in [4.69, 9.17) is 4.98 Å². The Morgan fingerprint density at radius 3 is 2.60 bits per heavy atom. The van der Waals surface area contributed by atoms with Crippen LogP contribution in [0.15, 0.2) is 58.7 Å². The number of nitrogens with zero attached hydrogens (tertiary/aromatic N) is 3. The van der Waals surface area contributed by atoms with Crippen molar-refractivity contribution < 1.29 is 0 Å². The van der Waals surface area contributed by atoms with Gasteiger partial charge in [0.15, 0.2) is 0 Å². The number of aryl methyl sites for hydroxylation is 1. The molecule has 0 amide bonds. The standard InChI is InChI=1S/C25H23N3OS/c1-4-22-27-24-23(21(15-30-24)20-10-8-19(9-11-20)16(2)3)25(29)28(22)14-18-7-5-6-17(12-18)13-26/h5-12,15-16H,4,14H2,1-3H3. The van der Waals surface area contributed by atoms with Crippen molar-refractivity contribution in [2.45, 2.75) is 39.7 Å². The fourth-order valence-electron chi connectivity index (χ4n) is 3.68. The predicted octanol–water partition coefficient (Wildman–Crippen LogP) is 5.73. The van der Waals surface area contributed by atoms with E-state index in [-0.39, 0.29) is 5.56 Å². The molecule has 0 atom stereocenters. The van der Waals surface area contributed by atoms with E-state index >= 15 is 0 Å². The van der Waals surface area contributed by atoms with E-state index < -0.39 is 0 Å². The zero-order valence-corrected chi connectivity index (χ0v) is 18.2. The van der Waals surface area contributed by atoms with Crippen LogP contribution in [0.25, 0.3) is 21.3 Å². The van der Waals surface area contributed by atoms with Crippen LogP contribution in [0.1, 0.15) is 49.2 Å². The highest BCUT2D eigenvalue weighted by Gasteiger charge is 2.17. The molecule has 4 nitrogen and oxygen atoms in total. The van der Waals surface area contributed by atoms with E-state index in [9.17, 15) is 10.1 Å². The minimum absolute atomic E-state index is 0.0246. The van der Waals surface area contributed by atoms with Crippen LogP contribution in [-0.4, -0.2) is 9.55 Å². The Balaban J connectivity index is 1.85. The summed E-state index contributed by atoms with van der Waals surface area (Å²) in [6, 6.07) is 18.0. The lowest BCUT2D eigenvalue weighted by atomic mass is 9.99. The number of benzene rings is 2. The Morgan fingerprint density at radius 1 is 1.17 bits per heavy atom. The number of nitriles is 1. The zero-order chi connectivity index (χ0) is 21.3. The summed E-state index contributed by atoms with van der Waals surface area (Å²) in [7, 11) is 0. The van der Waals surface area contributed by atoms with E-state index in [0.717, 1.165) is 27.3 Å². The molecule has 0 bridgehead atoms. The molecule has 0 aliphatic carbocycles. The first-order valence-corrected chi connectivity index (χ1v) is 11.0. The Labute approximate surface area is 180 Å². The van der Waals surface area contributed by atoms with Gasteiger partial charge >= 0.3 is 0 Å². The van der Waals surface area contributed by atoms with Crippen molar-refractivity contribution in [3.63, 3.8) is 0 Å². The Kier molecular flexibility index (Phi) is 5.52. The summed E-state index contributed by atoms with van der Waals surface area (Å²) in [5, 5.41) is 11.9. The Hall–Kier alpha value is -3.23. The molecule has 2 aromatic carbocycles. The molecule has 0 fully saturated rings. The number of thiophene rings is 1. The van der Waals surface area contributed by atoms with Gasteiger partial charge < -0.3 is 0 Å². The third-order valence-electron chi connectivity index (χ3n) is 5.37. The summed E-state index contributed by atoms with van der Waals surface area (Å²) in [5.74, 6) is 1.23. The van der Waals surface area contributed by atoms with Crippen LogP contribution < -0.4 is 5.56 Å². The molecule has 0 saturated carbocycles. The predicted molar refractivity (Wildman–Crippen MR) is 123 cm³/mol. The molecule has 0 aliphatic rings. The highest BCUT2D eigenvalue weighted by molar-refractivity contribution is 7.17. The first-order valence-electron chi connectivity index (χ1n) is 10.1. The minimum Gasteiger partial charge on any atom is -0.292 e. The summed E-state index contributed by atoms with van der Waals surface area (Å²) in [4.78, 5) is 19.1. The largest absolute Gasteiger partial charge is 0.292 e. The van der Waals surface area contributed by atoms with Gasteiger partial charge in [-0.15, -0.1) is 11.3 Å². The van der Waals surface area contributed by atoms with Gasteiger partial charge in [-0.3, -0.25) is 9.36 Å². The average molecular weight is 414 g/mol. The number of hydrogen-bond donors (Lipinski definition) is 0. The van der Waals surface area contributed by atoms with Gasteiger partial charge in [0.05, 0.1) is 23.6 Å². The maximum atomic E-state index is 13.6. The first kappa shape index (κ1) is 20.1. The summed E-state index contributed by atoms with van der Waals surface area (Å²) >= 11 is 1.52. The van der Waals surface area contributed by atoms with Crippen molar-refractivity contribution in [3.8, 4) is 17.2 Å². The molecular formula is C25H23N3OS. The van der Waals surface area contributed by atoms with Gasteiger partial charge in [0.2, 0.25) is 0 Å². The zero-order valence-electron chi connectivity index (χ0n) is 17.3. The van der Waals surface area contributed by atoms with E-state index in [1.807, 2.05) is 30.5 Å². The van der Waals surface area contributed by atoms with Crippen molar-refractivity contribution in [2.24, 2.45) is 0 Å². The van der Waals surface area contributed by atoms with E-state index in [2.05, 4.69) is 44.2 Å². The molecule has 4 aromatic rings. The summed E-state index contributed by atoms with van der Waals surface area (Å²) in [5.41, 5.74) is 4.74. The quantitative estimate of drug-likeness (QED) is 0.420. The molecule has 0 saturated heterocycles. The molecule has 2 aromatic heterocycles. The maximum Gasteiger partial charge on any atom is 0.263 e. The topological polar surface area (TPSA) is 58.7 Å². The third kappa shape index (κ3) is 3.67. The lowest BCUT2D eigenvalue weighted by molar-refractivity contribution is 0.687. The number of fused-ring (bicyclic) bond motifs is 1. The summed E-state index contributed by atoms with van der Waals surface area (Å²) in [6.45, 7) is 6.76. The average Bonchev–Trinajstić information content (AvgIpc) is 3.20. The third-order valence-corrected chi connectivity index (χ3v) is 6.25. The molecule has 5 heteroatoms. The number of aromatic nitrogens is 2. The van der Waals surface area contributed by atoms with Crippen LogP contribution >= 0.6 is 11.3 Å². The molecule has 0 radical (unpaired) electrons. The molecule has 0 unspecified atom stereocenters. The lowest BCUT2D eigenvalue weighted by Gasteiger charge is -2.12. The summed E-state index contributed by atoms with van der Waals surface area (Å²) < 4.78 is 1.75. The molecule has 2 heterocycles. The van der Waals surface area contributed by atoms with E-state index in [0.29, 0.717) is 29.8 Å². The van der Waals surface area contributed by atoms with Crippen LogP contribution in [-0.2, 0) is 13.0 Å². The van der Waals surface area contributed by atoms with Gasteiger partial charge in [0, 0.05) is 17.4 Å². The number of rotatable bonds is 5. The molecule has 0 spiro atoms. The van der Waals surface area contributed by atoms with Gasteiger partial charge in [-0.1, -0.05) is 57.2 Å². The van der Waals surface area contributed by atoms with E-state index in [1.54, 1.807) is 10.6 Å². The van der Waals surface area contributed by atoms with Crippen LogP contribution in [0.5, 0.6) is 0 Å². The molecule has 4 rings (SSSR count). The van der Waals surface area contributed by atoms with Gasteiger partial charge in [0.25, 0.3) is 5.56 Å². The van der Waals surface area contributed by atoms with Crippen molar-refractivity contribution in [1.82, 2.24) is 9.55 Å². The lowest BCUT2D eigenvalue weighted by Crippen LogP contribution is -2.25. The second kappa shape index (κ2) is 8.25. The molecular weight excluding hydrogens is 390 g/mol. The Bertz CT molecular complexity index is 1310. The second-order valence-corrected chi connectivity index (χ2v) is 8.55. The maximum absolute atomic E-state index is 13.6. The molecule has 0 aliphatic heterocycles. The van der Waals surface area contributed by atoms with Crippen molar-refractivity contribution in [3.05, 3.63) is 86.8 Å². The van der Waals surface area contributed by atoms with Crippen molar-refractivity contribution in [2.75, 3.05) is 0 Å². The van der Waals surface area contributed by atoms with Crippen molar-refractivity contribution >= 4 is 21.6 Å². The molecule has 0 N–H and O–H groups in total. The van der Waals surface area contributed by atoms with Crippen molar-refractivity contribution in [1.29, 1.82) is 5.26 Å². The smallest absolute Gasteiger partial charge is 0.263 e. The highest BCUT2D eigenvalue weighted by atomic mass is 32.1. The summed E-state index contributed by atoms with van der Waals surface area (Å²) in [6.07, 6.45) is 0.666. The second-order valence-electron chi connectivity index (χ2n) is 7.69. The van der Waals surface area contributed by atoms with Crippen LogP contribution in [0.2, 0.25) is 0 Å². The van der Waals surface area contributed by atoms with Crippen LogP contribution in [0.4, 0.5) is 0 Å². The SMILES string of the molecule is CCc1nc2scc(-c3ccc(C(C)C)cc3)c2c(=O)n1Cc1cccc(C#N)c1. The van der Waals surface area contributed by atoms with Gasteiger partial charge in [-0.25, -0.2) is 4.98 Å². The minimum atomic E-state index is -0.0246. The fourth-order valence-corrected chi connectivity index (χ4v) is 4.64. The Morgan fingerprint density at radius 2 is 1.93 bits per heavy atom. The van der Waals surface area contributed by atoms with Gasteiger partial charge in [-0.05, 0) is 34.7 Å². The van der Waals surface area contributed by atoms with E-state index in [1.165, 1.54) is 16.9 Å². The monoisotopic (exact) mass is 413 g/mol. The van der Waals surface area contributed by atoms with Crippen LogP contribution in [0.3, 0.4) is 0 Å². The highest BCUT2D eigenvalue weighted by Crippen LogP contribution is 2.32. The molecule has 30 heavy (non-hydrogen) atoms. The fraction of sp³-hybridized carbons (Fsp3) is 0.240. The van der Waals surface area contributed by atoms with Gasteiger partial charge in [0.1, 0.15) is 10.7 Å². The molecule has 150 valence electrons. The number of hydrogen-bond acceptors (Lipinski definition) is 4. The normalized spacial score (nSPS) is 11.2. The van der Waals surface area contributed by atoms with Crippen LogP contribution in [0, 0.1) is 11.3 Å². The van der Waals surface area contributed by atoms with Gasteiger partial charge in [-0.2, -0.15) is 5.26 Å². The first-order chi connectivity index (χ1) is 14.5.